The van der Waals surface area contributed by atoms with Crippen molar-refractivity contribution in [1.82, 2.24) is 4.90 Å². The average Bonchev–Trinajstić information content (AvgIpc) is 2.67. The second kappa shape index (κ2) is 9.37. The van der Waals surface area contributed by atoms with E-state index in [-0.39, 0.29) is 5.69 Å². The monoisotopic (exact) mass is 430 g/mol. The minimum Gasteiger partial charge on any atom is -0.493 e. The molecule has 1 amide bonds. The lowest BCUT2D eigenvalue weighted by Gasteiger charge is -2.24. The summed E-state index contributed by atoms with van der Waals surface area (Å²) in [5.41, 5.74) is -0.0861. The van der Waals surface area contributed by atoms with Crippen molar-refractivity contribution in [3.8, 4) is 11.5 Å². The first-order chi connectivity index (χ1) is 13.6. The molecule has 0 saturated heterocycles. The summed E-state index contributed by atoms with van der Waals surface area (Å²) < 4.78 is 49.4. The highest BCUT2D eigenvalue weighted by molar-refractivity contribution is 6.31. The summed E-state index contributed by atoms with van der Waals surface area (Å²) in [4.78, 5) is 14.3. The van der Waals surface area contributed by atoms with Gasteiger partial charge in [-0.15, -0.1) is 0 Å². The zero-order valence-electron chi connectivity index (χ0n) is 16.4. The standard InChI is InChI=1S/C20H22ClF3N2O3/c1-12(26(2)11-13-5-8-17(28-3)18(9-13)29-4)19(27)25-14-6-7-16(21)15(10-14)20(22,23)24/h5-10,12H,11H2,1-4H3,(H,25,27). The molecule has 2 rings (SSSR count). The Balaban J connectivity index is 2.08. The Morgan fingerprint density at radius 3 is 2.38 bits per heavy atom. The van der Waals surface area contributed by atoms with Crippen LogP contribution in [0.3, 0.4) is 0 Å². The maximum absolute atomic E-state index is 13.0. The number of amides is 1. The van der Waals surface area contributed by atoms with Crippen LogP contribution in [0, 0.1) is 0 Å². The van der Waals surface area contributed by atoms with Crippen LogP contribution in [0.4, 0.5) is 18.9 Å². The summed E-state index contributed by atoms with van der Waals surface area (Å²) in [6, 6.07) is 8.06. The van der Waals surface area contributed by atoms with Gasteiger partial charge in [0.2, 0.25) is 5.91 Å². The van der Waals surface area contributed by atoms with Crippen molar-refractivity contribution < 1.29 is 27.4 Å². The lowest BCUT2D eigenvalue weighted by molar-refractivity contribution is -0.137. The van der Waals surface area contributed by atoms with Crippen molar-refractivity contribution in [3.05, 3.63) is 52.5 Å². The van der Waals surface area contributed by atoms with Crippen LogP contribution in [0.5, 0.6) is 11.5 Å². The Hall–Kier alpha value is -2.45. The normalized spacial score (nSPS) is 12.6. The van der Waals surface area contributed by atoms with Crippen LogP contribution in [-0.2, 0) is 17.5 Å². The van der Waals surface area contributed by atoms with Crippen LogP contribution in [0.25, 0.3) is 0 Å². The SMILES string of the molecule is COc1ccc(CN(C)C(C)C(=O)Nc2ccc(Cl)c(C(F)(F)F)c2)cc1OC. The highest BCUT2D eigenvalue weighted by Crippen LogP contribution is 2.36. The molecule has 9 heteroatoms. The highest BCUT2D eigenvalue weighted by atomic mass is 35.5. The van der Waals surface area contributed by atoms with E-state index in [0.29, 0.717) is 18.0 Å². The number of likely N-dealkylation sites (N-methyl/N-ethyl adjacent to an activating group) is 1. The molecular weight excluding hydrogens is 409 g/mol. The summed E-state index contributed by atoms with van der Waals surface area (Å²) >= 11 is 5.61. The minimum absolute atomic E-state index is 0.0260. The Morgan fingerprint density at radius 2 is 1.79 bits per heavy atom. The number of carbonyl (C=O) groups is 1. The maximum atomic E-state index is 13.0. The summed E-state index contributed by atoms with van der Waals surface area (Å²) in [5.74, 6) is 0.715. The number of anilines is 1. The third kappa shape index (κ3) is 5.77. The van der Waals surface area contributed by atoms with Gasteiger partial charge < -0.3 is 14.8 Å². The molecule has 1 N–H and O–H groups in total. The largest absolute Gasteiger partial charge is 0.493 e. The van der Waals surface area contributed by atoms with Crippen molar-refractivity contribution >= 4 is 23.2 Å². The molecule has 0 saturated carbocycles. The number of halogens is 4. The molecule has 29 heavy (non-hydrogen) atoms. The molecule has 0 radical (unpaired) electrons. The summed E-state index contributed by atoms with van der Waals surface area (Å²) in [5, 5.41) is 2.08. The van der Waals surface area contributed by atoms with Crippen LogP contribution in [0.1, 0.15) is 18.1 Å². The van der Waals surface area contributed by atoms with Crippen molar-refractivity contribution in [1.29, 1.82) is 0 Å². The Kier molecular flexibility index (Phi) is 7.37. The molecule has 0 spiro atoms. The zero-order valence-corrected chi connectivity index (χ0v) is 17.2. The number of rotatable bonds is 7. The predicted molar refractivity (Wildman–Crippen MR) is 106 cm³/mol. The molecule has 1 atom stereocenters. The third-order valence-electron chi connectivity index (χ3n) is 4.46. The lowest BCUT2D eigenvalue weighted by atomic mass is 10.1. The first-order valence-corrected chi connectivity index (χ1v) is 9.03. The first-order valence-electron chi connectivity index (χ1n) is 8.65. The molecule has 0 aromatic heterocycles. The topological polar surface area (TPSA) is 50.8 Å². The molecule has 0 aliphatic rings. The molecule has 2 aromatic carbocycles. The molecule has 158 valence electrons. The fraction of sp³-hybridized carbons (Fsp3) is 0.350. The second-order valence-electron chi connectivity index (χ2n) is 6.46. The van der Waals surface area contributed by atoms with Gasteiger partial charge in [0, 0.05) is 12.2 Å². The van der Waals surface area contributed by atoms with E-state index < -0.39 is 28.7 Å². The smallest absolute Gasteiger partial charge is 0.417 e. The zero-order chi connectivity index (χ0) is 21.8. The van der Waals surface area contributed by atoms with Crippen molar-refractivity contribution in [2.75, 3.05) is 26.6 Å². The summed E-state index contributed by atoms with van der Waals surface area (Å²) in [6.07, 6.45) is -4.60. The van der Waals surface area contributed by atoms with Crippen LogP contribution < -0.4 is 14.8 Å². The number of benzene rings is 2. The quantitative estimate of drug-likeness (QED) is 0.683. The van der Waals surface area contributed by atoms with E-state index in [9.17, 15) is 18.0 Å². The van der Waals surface area contributed by atoms with Gasteiger partial charge in [0.05, 0.1) is 30.8 Å². The first kappa shape index (κ1) is 22.8. The number of carbonyl (C=O) groups excluding carboxylic acids is 1. The summed E-state index contributed by atoms with van der Waals surface area (Å²) in [7, 11) is 4.81. The van der Waals surface area contributed by atoms with Crippen molar-refractivity contribution in [2.24, 2.45) is 0 Å². The van der Waals surface area contributed by atoms with E-state index in [1.807, 2.05) is 6.07 Å². The molecule has 5 nitrogen and oxygen atoms in total. The summed E-state index contributed by atoms with van der Waals surface area (Å²) in [6.45, 7) is 2.08. The van der Waals surface area contributed by atoms with E-state index in [1.54, 1.807) is 31.0 Å². The van der Waals surface area contributed by atoms with Crippen LogP contribution in [0.15, 0.2) is 36.4 Å². The fourth-order valence-corrected chi connectivity index (χ4v) is 2.90. The number of ether oxygens (including phenoxy) is 2. The third-order valence-corrected chi connectivity index (χ3v) is 4.79. The number of nitrogens with zero attached hydrogens (tertiary/aromatic N) is 1. The number of hydrogen-bond acceptors (Lipinski definition) is 4. The van der Waals surface area contributed by atoms with Gasteiger partial charge in [0.1, 0.15) is 0 Å². The number of methoxy groups -OCH3 is 2. The lowest BCUT2D eigenvalue weighted by Crippen LogP contribution is -2.39. The number of nitrogens with one attached hydrogen (secondary N) is 1. The average molecular weight is 431 g/mol. The van der Waals surface area contributed by atoms with Crippen LogP contribution in [-0.4, -0.2) is 38.1 Å². The Labute approximate surface area is 172 Å². The van der Waals surface area contributed by atoms with Gasteiger partial charge in [-0.1, -0.05) is 17.7 Å². The maximum Gasteiger partial charge on any atom is 0.417 e. The molecular formula is C20H22ClF3N2O3. The van der Waals surface area contributed by atoms with Crippen LogP contribution >= 0.6 is 11.6 Å². The van der Waals surface area contributed by atoms with E-state index in [0.717, 1.165) is 17.7 Å². The molecule has 1 unspecified atom stereocenters. The van der Waals surface area contributed by atoms with E-state index in [4.69, 9.17) is 21.1 Å². The van der Waals surface area contributed by atoms with Gasteiger partial charge in [0.25, 0.3) is 0 Å². The minimum atomic E-state index is -4.60. The van der Waals surface area contributed by atoms with Crippen molar-refractivity contribution in [3.63, 3.8) is 0 Å². The van der Waals surface area contributed by atoms with E-state index in [2.05, 4.69) is 5.32 Å². The molecule has 0 fully saturated rings. The van der Waals surface area contributed by atoms with Gasteiger partial charge in [-0.2, -0.15) is 13.2 Å². The van der Waals surface area contributed by atoms with Gasteiger partial charge >= 0.3 is 6.18 Å². The molecule has 2 aromatic rings. The molecule has 0 aliphatic heterocycles. The van der Waals surface area contributed by atoms with Gasteiger partial charge in [-0.3, -0.25) is 9.69 Å². The number of alkyl halides is 3. The van der Waals surface area contributed by atoms with E-state index in [1.165, 1.54) is 20.3 Å². The van der Waals surface area contributed by atoms with Gasteiger partial charge in [-0.05, 0) is 49.9 Å². The van der Waals surface area contributed by atoms with Gasteiger partial charge in [-0.25, -0.2) is 0 Å². The Morgan fingerprint density at radius 1 is 1.14 bits per heavy atom. The molecule has 0 bridgehead atoms. The fourth-order valence-electron chi connectivity index (χ4n) is 2.67. The highest BCUT2D eigenvalue weighted by Gasteiger charge is 2.33. The second-order valence-corrected chi connectivity index (χ2v) is 6.87. The van der Waals surface area contributed by atoms with E-state index >= 15 is 0 Å². The molecule has 0 aliphatic carbocycles. The molecule has 0 heterocycles. The Bertz CT molecular complexity index is 875. The van der Waals surface area contributed by atoms with Gasteiger partial charge in [0.15, 0.2) is 11.5 Å². The predicted octanol–water partition coefficient (Wildman–Crippen LogP) is 4.84. The van der Waals surface area contributed by atoms with Crippen molar-refractivity contribution in [2.45, 2.75) is 25.7 Å². The van der Waals surface area contributed by atoms with Crippen LogP contribution in [0.2, 0.25) is 5.02 Å². The number of hydrogen-bond donors (Lipinski definition) is 1.